The summed E-state index contributed by atoms with van der Waals surface area (Å²) in [6.45, 7) is 7.19. The highest BCUT2D eigenvalue weighted by molar-refractivity contribution is 5.52. The van der Waals surface area contributed by atoms with Gasteiger partial charge in [0.25, 0.3) is 0 Å². The van der Waals surface area contributed by atoms with E-state index in [1.165, 1.54) is 0 Å². The molecule has 0 unspecified atom stereocenters. The molecule has 1 aromatic heterocycles. The molecule has 3 nitrogen and oxygen atoms in total. The fraction of sp³-hybridized carbons (Fsp3) is 0.538. The molecule has 0 saturated carbocycles. The molecular weight excluding hydrogens is 198 g/mol. The van der Waals surface area contributed by atoms with Gasteiger partial charge in [-0.2, -0.15) is 5.26 Å². The molecule has 1 N–H and O–H groups in total. The van der Waals surface area contributed by atoms with Crippen molar-refractivity contribution in [1.82, 2.24) is 4.98 Å². The van der Waals surface area contributed by atoms with E-state index < -0.39 is 0 Å². The van der Waals surface area contributed by atoms with Gasteiger partial charge in [0, 0.05) is 12.2 Å². The SMILES string of the molecule is CCC(CC)CNc1nc(C)ccc1C#N. The molecule has 16 heavy (non-hydrogen) atoms. The van der Waals surface area contributed by atoms with Crippen LogP contribution in [-0.2, 0) is 0 Å². The normalized spacial score (nSPS) is 10.2. The maximum absolute atomic E-state index is 8.96. The quantitative estimate of drug-likeness (QED) is 0.824. The van der Waals surface area contributed by atoms with Crippen LogP contribution in [0.15, 0.2) is 12.1 Å². The van der Waals surface area contributed by atoms with E-state index in [1.807, 2.05) is 19.1 Å². The zero-order valence-electron chi connectivity index (χ0n) is 10.2. The van der Waals surface area contributed by atoms with Crippen molar-refractivity contribution in [2.45, 2.75) is 33.6 Å². The Bertz CT molecular complexity index is 375. The van der Waals surface area contributed by atoms with Crippen molar-refractivity contribution >= 4 is 5.82 Å². The van der Waals surface area contributed by atoms with Gasteiger partial charge in [0.1, 0.15) is 11.9 Å². The summed E-state index contributed by atoms with van der Waals surface area (Å²) < 4.78 is 0. The van der Waals surface area contributed by atoms with Gasteiger partial charge in [0.2, 0.25) is 0 Å². The lowest BCUT2D eigenvalue weighted by molar-refractivity contribution is 0.518. The van der Waals surface area contributed by atoms with E-state index in [0.29, 0.717) is 11.5 Å². The Morgan fingerprint density at radius 1 is 1.38 bits per heavy atom. The summed E-state index contributed by atoms with van der Waals surface area (Å²) in [5.41, 5.74) is 1.56. The number of rotatable bonds is 5. The van der Waals surface area contributed by atoms with E-state index >= 15 is 0 Å². The molecule has 0 radical (unpaired) electrons. The maximum Gasteiger partial charge on any atom is 0.144 e. The van der Waals surface area contributed by atoms with Gasteiger partial charge in [-0.1, -0.05) is 26.7 Å². The first kappa shape index (κ1) is 12.5. The number of nitrogens with zero attached hydrogens (tertiary/aromatic N) is 2. The molecule has 1 rings (SSSR count). The predicted octanol–water partition coefficient (Wildman–Crippen LogP) is 3.11. The molecule has 86 valence electrons. The summed E-state index contributed by atoms with van der Waals surface area (Å²) >= 11 is 0. The summed E-state index contributed by atoms with van der Waals surface area (Å²) in [7, 11) is 0. The second kappa shape index (κ2) is 6.12. The fourth-order valence-electron chi connectivity index (χ4n) is 1.60. The second-order valence-corrected chi connectivity index (χ2v) is 4.02. The van der Waals surface area contributed by atoms with Crippen LogP contribution < -0.4 is 5.32 Å². The van der Waals surface area contributed by atoms with E-state index in [1.54, 1.807) is 0 Å². The van der Waals surface area contributed by atoms with Crippen molar-refractivity contribution in [2.24, 2.45) is 5.92 Å². The molecule has 0 aliphatic carbocycles. The minimum Gasteiger partial charge on any atom is -0.369 e. The summed E-state index contributed by atoms with van der Waals surface area (Å²) in [6, 6.07) is 5.84. The van der Waals surface area contributed by atoms with Crippen LogP contribution in [-0.4, -0.2) is 11.5 Å². The average molecular weight is 217 g/mol. The third-order valence-corrected chi connectivity index (χ3v) is 2.87. The Morgan fingerprint density at radius 2 is 2.06 bits per heavy atom. The third-order valence-electron chi connectivity index (χ3n) is 2.87. The number of hydrogen-bond donors (Lipinski definition) is 1. The van der Waals surface area contributed by atoms with E-state index in [-0.39, 0.29) is 0 Å². The van der Waals surface area contributed by atoms with Crippen molar-refractivity contribution in [3.05, 3.63) is 23.4 Å². The highest BCUT2D eigenvalue weighted by atomic mass is 15.0. The Kier molecular flexibility index (Phi) is 4.78. The van der Waals surface area contributed by atoms with Crippen LogP contribution in [0.3, 0.4) is 0 Å². The van der Waals surface area contributed by atoms with Crippen molar-refractivity contribution in [1.29, 1.82) is 5.26 Å². The van der Waals surface area contributed by atoms with E-state index in [9.17, 15) is 0 Å². The Morgan fingerprint density at radius 3 is 2.62 bits per heavy atom. The first-order valence-electron chi connectivity index (χ1n) is 5.82. The lowest BCUT2D eigenvalue weighted by Gasteiger charge is -2.14. The standard InChI is InChI=1S/C13H19N3/c1-4-11(5-2)9-15-13-12(8-14)7-6-10(3)16-13/h6-7,11H,4-5,9H2,1-3H3,(H,15,16). The van der Waals surface area contributed by atoms with Gasteiger partial charge in [-0.3, -0.25) is 0 Å². The van der Waals surface area contributed by atoms with Crippen LogP contribution in [0.25, 0.3) is 0 Å². The maximum atomic E-state index is 8.96. The number of nitriles is 1. The van der Waals surface area contributed by atoms with Crippen molar-refractivity contribution in [2.75, 3.05) is 11.9 Å². The van der Waals surface area contributed by atoms with Gasteiger partial charge in [0.15, 0.2) is 0 Å². The summed E-state index contributed by atoms with van der Waals surface area (Å²) in [4.78, 5) is 4.35. The molecule has 1 heterocycles. The molecule has 0 fully saturated rings. The van der Waals surface area contributed by atoms with E-state index in [4.69, 9.17) is 5.26 Å². The summed E-state index contributed by atoms with van der Waals surface area (Å²) in [5, 5.41) is 12.2. The number of aryl methyl sites for hydroxylation is 1. The Hall–Kier alpha value is -1.56. The summed E-state index contributed by atoms with van der Waals surface area (Å²) in [5.74, 6) is 1.36. The van der Waals surface area contributed by atoms with E-state index in [0.717, 1.165) is 30.9 Å². The lowest BCUT2D eigenvalue weighted by Crippen LogP contribution is -2.14. The third kappa shape index (κ3) is 3.23. The number of hydrogen-bond acceptors (Lipinski definition) is 3. The van der Waals surface area contributed by atoms with E-state index in [2.05, 4.69) is 30.2 Å². The molecular formula is C13H19N3. The van der Waals surface area contributed by atoms with Crippen LogP contribution in [0.2, 0.25) is 0 Å². The average Bonchev–Trinajstić information content (AvgIpc) is 2.30. The number of nitrogens with one attached hydrogen (secondary N) is 1. The van der Waals surface area contributed by atoms with Crippen molar-refractivity contribution < 1.29 is 0 Å². The van der Waals surface area contributed by atoms with Crippen LogP contribution in [0.4, 0.5) is 5.82 Å². The molecule has 0 aromatic carbocycles. The lowest BCUT2D eigenvalue weighted by atomic mass is 10.0. The molecule has 0 aliphatic rings. The largest absolute Gasteiger partial charge is 0.369 e. The summed E-state index contributed by atoms with van der Waals surface area (Å²) in [6.07, 6.45) is 2.30. The van der Waals surface area contributed by atoms with Gasteiger partial charge < -0.3 is 5.32 Å². The number of aromatic nitrogens is 1. The zero-order chi connectivity index (χ0) is 12.0. The zero-order valence-corrected chi connectivity index (χ0v) is 10.2. The molecule has 0 atom stereocenters. The van der Waals surface area contributed by atoms with Gasteiger partial charge in [-0.05, 0) is 25.0 Å². The van der Waals surface area contributed by atoms with Crippen LogP contribution >= 0.6 is 0 Å². The minimum absolute atomic E-state index is 0.622. The van der Waals surface area contributed by atoms with Crippen molar-refractivity contribution in [3.63, 3.8) is 0 Å². The molecule has 0 aliphatic heterocycles. The van der Waals surface area contributed by atoms with Crippen LogP contribution in [0.1, 0.15) is 37.9 Å². The molecule has 0 saturated heterocycles. The Balaban J connectivity index is 2.73. The van der Waals surface area contributed by atoms with Crippen LogP contribution in [0, 0.1) is 24.2 Å². The molecule has 3 heteroatoms. The topological polar surface area (TPSA) is 48.7 Å². The smallest absolute Gasteiger partial charge is 0.144 e. The number of pyridine rings is 1. The van der Waals surface area contributed by atoms with Gasteiger partial charge in [-0.15, -0.1) is 0 Å². The van der Waals surface area contributed by atoms with Gasteiger partial charge >= 0.3 is 0 Å². The highest BCUT2D eigenvalue weighted by Crippen LogP contribution is 2.14. The molecule has 1 aromatic rings. The van der Waals surface area contributed by atoms with Gasteiger partial charge in [0.05, 0.1) is 5.56 Å². The molecule has 0 bridgehead atoms. The van der Waals surface area contributed by atoms with Crippen molar-refractivity contribution in [3.8, 4) is 6.07 Å². The minimum atomic E-state index is 0.622. The first-order valence-corrected chi connectivity index (χ1v) is 5.82. The Labute approximate surface area is 97.5 Å². The number of anilines is 1. The van der Waals surface area contributed by atoms with Gasteiger partial charge in [-0.25, -0.2) is 4.98 Å². The second-order valence-electron chi connectivity index (χ2n) is 4.02. The molecule has 0 amide bonds. The monoisotopic (exact) mass is 217 g/mol. The first-order chi connectivity index (χ1) is 7.71. The predicted molar refractivity (Wildman–Crippen MR) is 66.3 cm³/mol. The highest BCUT2D eigenvalue weighted by Gasteiger charge is 2.07. The van der Waals surface area contributed by atoms with Crippen LogP contribution in [0.5, 0.6) is 0 Å². The fourth-order valence-corrected chi connectivity index (χ4v) is 1.60. The molecule has 0 spiro atoms.